The van der Waals surface area contributed by atoms with Crippen molar-refractivity contribution < 1.29 is 31.5 Å². The highest BCUT2D eigenvalue weighted by Crippen LogP contribution is 2.14. The van der Waals surface area contributed by atoms with Gasteiger partial charge in [-0.1, -0.05) is 0 Å². The third-order valence-corrected chi connectivity index (χ3v) is 1.84. The number of hydrogen-bond acceptors (Lipinski definition) is 3. The molecule has 9 heteroatoms. The Morgan fingerprint density at radius 2 is 1.94 bits per heavy atom. The zero-order chi connectivity index (χ0) is 14.2. The van der Waals surface area contributed by atoms with Gasteiger partial charge < -0.3 is 15.4 Å². The van der Waals surface area contributed by atoms with Crippen LogP contribution >= 0.6 is 0 Å². The van der Waals surface area contributed by atoms with Crippen LogP contribution in [0.1, 0.15) is 6.42 Å². The van der Waals surface area contributed by atoms with Gasteiger partial charge >= 0.3 is 6.18 Å². The van der Waals surface area contributed by atoms with Gasteiger partial charge in [0, 0.05) is 13.1 Å². The van der Waals surface area contributed by atoms with Crippen LogP contribution in [-0.4, -0.2) is 56.3 Å². The highest BCUT2D eigenvalue weighted by molar-refractivity contribution is 5.76. The molecular formula is C9H15F5N2O2. The first-order chi connectivity index (χ1) is 8.26. The fourth-order valence-corrected chi connectivity index (χ4v) is 1.15. The second-order valence-electron chi connectivity index (χ2n) is 3.44. The van der Waals surface area contributed by atoms with Gasteiger partial charge in [-0.2, -0.15) is 13.2 Å². The van der Waals surface area contributed by atoms with Gasteiger partial charge in [0.1, 0.15) is 6.61 Å². The molecule has 18 heavy (non-hydrogen) atoms. The van der Waals surface area contributed by atoms with E-state index in [-0.39, 0.29) is 19.5 Å². The van der Waals surface area contributed by atoms with Crippen LogP contribution in [0.3, 0.4) is 0 Å². The number of halogens is 5. The van der Waals surface area contributed by atoms with Gasteiger partial charge in [-0.05, 0) is 0 Å². The number of rotatable bonds is 8. The molecule has 0 saturated carbocycles. The summed E-state index contributed by atoms with van der Waals surface area (Å²) < 4.78 is 63.5. The third-order valence-electron chi connectivity index (χ3n) is 1.84. The molecule has 1 amide bonds. The van der Waals surface area contributed by atoms with Crippen LogP contribution in [0.2, 0.25) is 0 Å². The van der Waals surface area contributed by atoms with E-state index in [1.165, 1.54) is 0 Å². The third kappa shape index (κ3) is 9.11. The fraction of sp³-hybridized carbons (Fsp3) is 0.889. The smallest absolute Gasteiger partial charge is 0.372 e. The maximum absolute atomic E-state index is 12.1. The highest BCUT2D eigenvalue weighted by Gasteiger charge is 2.27. The highest BCUT2D eigenvalue weighted by atomic mass is 19.4. The van der Waals surface area contributed by atoms with Crippen LogP contribution in [0.5, 0.6) is 0 Å². The molecule has 0 atom stereocenters. The number of carbonyl (C=O) groups excluding carboxylic acids is 1. The molecule has 108 valence electrons. The van der Waals surface area contributed by atoms with Crippen molar-refractivity contribution in [1.82, 2.24) is 4.90 Å². The van der Waals surface area contributed by atoms with Crippen LogP contribution in [0, 0.1) is 0 Å². The Kier molecular flexibility index (Phi) is 7.76. The zero-order valence-electron chi connectivity index (χ0n) is 9.55. The summed E-state index contributed by atoms with van der Waals surface area (Å²) in [6.45, 7) is -2.78. The van der Waals surface area contributed by atoms with E-state index in [1.54, 1.807) is 0 Å². The van der Waals surface area contributed by atoms with E-state index in [2.05, 4.69) is 4.74 Å². The van der Waals surface area contributed by atoms with Crippen LogP contribution in [0.25, 0.3) is 0 Å². The van der Waals surface area contributed by atoms with Gasteiger partial charge in [0.05, 0.1) is 19.6 Å². The van der Waals surface area contributed by atoms with Crippen molar-refractivity contribution in [2.45, 2.75) is 19.0 Å². The second kappa shape index (κ2) is 8.20. The average molecular weight is 278 g/mol. The number of nitrogens with zero attached hydrogens (tertiary/aromatic N) is 1. The number of carbonyl (C=O) groups is 1. The fourth-order valence-electron chi connectivity index (χ4n) is 1.15. The summed E-state index contributed by atoms with van der Waals surface area (Å²) in [5.41, 5.74) is 5.14. The minimum Gasteiger partial charge on any atom is -0.372 e. The molecule has 0 radical (unpaired) electrons. The molecule has 0 unspecified atom stereocenters. The minimum atomic E-state index is -4.47. The van der Waals surface area contributed by atoms with Gasteiger partial charge in [0.15, 0.2) is 0 Å². The summed E-state index contributed by atoms with van der Waals surface area (Å²) in [5.74, 6) is -0.706. The predicted molar refractivity (Wildman–Crippen MR) is 53.1 cm³/mol. The molecule has 0 aliphatic rings. The van der Waals surface area contributed by atoms with Crippen LogP contribution in [0.4, 0.5) is 22.0 Å². The lowest BCUT2D eigenvalue weighted by Crippen LogP contribution is -2.39. The first-order valence-electron chi connectivity index (χ1n) is 5.16. The quantitative estimate of drug-likeness (QED) is 0.532. The summed E-state index contributed by atoms with van der Waals surface area (Å²) in [4.78, 5) is 12.2. The van der Waals surface area contributed by atoms with Crippen molar-refractivity contribution in [2.75, 3.05) is 32.8 Å². The van der Waals surface area contributed by atoms with Gasteiger partial charge in [-0.15, -0.1) is 0 Å². The summed E-state index contributed by atoms with van der Waals surface area (Å²) in [6.07, 6.45) is -7.57. The number of amides is 1. The normalized spacial score (nSPS) is 11.9. The maximum Gasteiger partial charge on any atom is 0.411 e. The molecule has 0 aromatic heterocycles. The topological polar surface area (TPSA) is 55.6 Å². The summed E-state index contributed by atoms with van der Waals surface area (Å²) in [5, 5.41) is 0. The number of nitrogens with two attached hydrogens (primary N) is 1. The molecular weight excluding hydrogens is 263 g/mol. The largest absolute Gasteiger partial charge is 0.411 e. The Morgan fingerprint density at radius 1 is 1.33 bits per heavy atom. The van der Waals surface area contributed by atoms with Gasteiger partial charge in [0.25, 0.3) is 6.43 Å². The Bertz CT molecular complexity index is 248. The van der Waals surface area contributed by atoms with Crippen molar-refractivity contribution in [3.05, 3.63) is 0 Å². The maximum atomic E-state index is 12.1. The Hall–Kier alpha value is -0.960. The lowest BCUT2D eigenvalue weighted by atomic mass is 10.3. The van der Waals surface area contributed by atoms with Crippen molar-refractivity contribution in [3.63, 3.8) is 0 Å². The molecule has 0 saturated heterocycles. The number of alkyl halides is 5. The van der Waals surface area contributed by atoms with Crippen LogP contribution in [0.15, 0.2) is 0 Å². The van der Waals surface area contributed by atoms with E-state index in [4.69, 9.17) is 5.73 Å². The van der Waals surface area contributed by atoms with Crippen LogP contribution < -0.4 is 5.73 Å². The van der Waals surface area contributed by atoms with Crippen molar-refractivity contribution in [3.8, 4) is 0 Å². The van der Waals surface area contributed by atoms with E-state index in [9.17, 15) is 26.7 Å². The summed E-state index contributed by atoms with van der Waals surface area (Å²) in [6, 6.07) is 0. The molecule has 0 heterocycles. The van der Waals surface area contributed by atoms with Gasteiger partial charge in [-0.3, -0.25) is 4.79 Å². The predicted octanol–water partition coefficient (Wildman–Crippen LogP) is 1.01. The van der Waals surface area contributed by atoms with E-state index in [0.29, 0.717) is 0 Å². The van der Waals surface area contributed by atoms with E-state index in [0.717, 1.165) is 4.90 Å². The first kappa shape index (κ1) is 17.0. The van der Waals surface area contributed by atoms with Gasteiger partial charge in [0.2, 0.25) is 5.91 Å². The zero-order valence-corrected chi connectivity index (χ0v) is 9.55. The molecule has 0 rings (SSSR count). The summed E-state index contributed by atoms with van der Waals surface area (Å²) >= 11 is 0. The van der Waals surface area contributed by atoms with E-state index in [1.807, 2.05) is 0 Å². The van der Waals surface area contributed by atoms with Crippen molar-refractivity contribution in [1.29, 1.82) is 0 Å². The molecule has 0 aromatic carbocycles. The molecule has 0 aliphatic carbocycles. The average Bonchev–Trinajstić information content (AvgIpc) is 2.21. The molecule has 2 N–H and O–H groups in total. The Labute approximate surface area is 101 Å². The van der Waals surface area contributed by atoms with Gasteiger partial charge in [-0.25, -0.2) is 8.78 Å². The SMILES string of the molecule is NCCN(CC(F)F)C(=O)CCOCC(F)(F)F. The standard InChI is InChI=1S/C9H15F5N2O2/c10-7(11)5-16(3-2-15)8(17)1-4-18-6-9(12,13)14/h7H,1-6,15H2. The summed E-state index contributed by atoms with van der Waals surface area (Å²) in [7, 11) is 0. The Balaban J connectivity index is 3.95. The monoisotopic (exact) mass is 278 g/mol. The second-order valence-corrected chi connectivity index (χ2v) is 3.44. The molecule has 4 nitrogen and oxygen atoms in total. The Morgan fingerprint density at radius 3 is 2.39 bits per heavy atom. The van der Waals surface area contributed by atoms with E-state index < -0.39 is 38.3 Å². The number of hydrogen-bond donors (Lipinski definition) is 1. The van der Waals surface area contributed by atoms with Crippen molar-refractivity contribution >= 4 is 5.91 Å². The first-order valence-corrected chi connectivity index (χ1v) is 5.16. The number of ether oxygens (including phenoxy) is 1. The molecule has 0 aromatic rings. The lowest BCUT2D eigenvalue weighted by Gasteiger charge is -2.21. The van der Waals surface area contributed by atoms with Crippen molar-refractivity contribution in [2.24, 2.45) is 5.73 Å². The molecule has 0 spiro atoms. The minimum absolute atomic E-state index is 0.00185. The molecule has 0 aliphatic heterocycles. The van der Waals surface area contributed by atoms with E-state index >= 15 is 0 Å². The molecule has 0 fully saturated rings. The molecule has 0 bridgehead atoms. The van der Waals surface area contributed by atoms with Crippen LogP contribution in [-0.2, 0) is 9.53 Å². The lowest BCUT2D eigenvalue weighted by molar-refractivity contribution is -0.175.